The fourth-order valence-corrected chi connectivity index (χ4v) is 2.33. The number of aliphatic hydroxyl groups excluding tert-OH is 1. The van der Waals surface area contributed by atoms with Gasteiger partial charge in [0.2, 0.25) is 0 Å². The zero-order valence-electron chi connectivity index (χ0n) is 13.4. The van der Waals surface area contributed by atoms with Gasteiger partial charge in [-0.3, -0.25) is 0 Å². The molecule has 1 aliphatic rings. The van der Waals surface area contributed by atoms with E-state index >= 15 is 0 Å². The summed E-state index contributed by atoms with van der Waals surface area (Å²) in [5.74, 6) is -0.581. The van der Waals surface area contributed by atoms with Crippen LogP contribution in [0.3, 0.4) is 0 Å². The number of hydrogen-bond acceptors (Lipinski definition) is 5. The normalized spacial score (nSPS) is 21.9. The summed E-state index contributed by atoms with van der Waals surface area (Å²) in [6, 6.07) is 10.0. The van der Waals surface area contributed by atoms with E-state index in [1.165, 1.54) is 0 Å². The van der Waals surface area contributed by atoms with Crippen LogP contribution < -0.4 is 0 Å². The first-order valence-corrected chi connectivity index (χ1v) is 7.76. The van der Waals surface area contributed by atoms with Gasteiger partial charge in [-0.05, 0) is 25.8 Å². The third-order valence-electron chi connectivity index (χ3n) is 3.47. The second-order valence-electron chi connectivity index (χ2n) is 5.85. The van der Waals surface area contributed by atoms with Crippen LogP contribution in [0.2, 0.25) is 0 Å². The SMILES string of the molecule is CC1(C)OCC(C(COCc2ccccc2)OCCCO)O1. The first-order valence-electron chi connectivity index (χ1n) is 7.76. The van der Waals surface area contributed by atoms with Crippen molar-refractivity contribution in [2.45, 2.75) is 44.9 Å². The van der Waals surface area contributed by atoms with Crippen LogP contribution in [-0.2, 0) is 25.6 Å². The number of aliphatic hydroxyl groups is 1. The van der Waals surface area contributed by atoms with Crippen molar-refractivity contribution in [3.63, 3.8) is 0 Å². The highest BCUT2D eigenvalue weighted by molar-refractivity contribution is 5.13. The van der Waals surface area contributed by atoms with Crippen molar-refractivity contribution in [2.24, 2.45) is 0 Å². The van der Waals surface area contributed by atoms with Crippen molar-refractivity contribution in [1.82, 2.24) is 0 Å². The predicted molar refractivity (Wildman–Crippen MR) is 82.4 cm³/mol. The molecule has 0 saturated carbocycles. The molecule has 5 heteroatoms. The lowest BCUT2D eigenvalue weighted by Crippen LogP contribution is -2.37. The quantitative estimate of drug-likeness (QED) is 0.708. The van der Waals surface area contributed by atoms with E-state index in [0.717, 1.165) is 5.56 Å². The minimum absolute atomic E-state index is 0.116. The Kier molecular flexibility index (Phi) is 6.79. The maximum Gasteiger partial charge on any atom is 0.163 e. The van der Waals surface area contributed by atoms with Crippen molar-refractivity contribution in [3.8, 4) is 0 Å². The molecule has 22 heavy (non-hydrogen) atoms. The third-order valence-corrected chi connectivity index (χ3v) is 3.47. The smallest absolute Gasteiger partial charge is 0.163 e. The Morgan fingerprint density at radius 1 is 1.32 bits per heavy atom. The Morgan fingerprint density at radius 3 is 2.73 bits per heavy atom. The van der Waals surface area contributed by atoms with E-state index in [4.69, 9.17) is 24.1 Å². The van der Waals surface area contributed by atoms with Crippen molar-refractivity contribution in [1.29, 1.82) is 0 Å². The largest absolute Gasteiger partial charge is 0.396 e. The molecule has 0 amide bonds. The second kappa shape index (κ2) is 8.60. The fourth-order valence-electron chi connectivity index (χ4n) is 2.33. The van der Waals surface area contributed by atoms with Crippen molar-refractivity contribution >= 4 is 0 Å². The molecule has 1 aromatic carbocycles. The van der Waals surface area contributed by atoms with Crippen LogP contribution >= 0.6 is 0 Å². The van der Waals surface area contributed by atoms with Crippen LogP contribution in [0.25, 0.3) is 0 Å². The average molecular weight is 310 g/mol. The highest BCUT2D eigenvalue weighted by atomic mass is 16.7. The maximum atomic E-state index is 8.89. The molecule has 0 aromatic heterocycles. The molecule has 0 bridgehead atoms. The van der Waals surface area contributed by atoms with Gasteiger partial charge in [-0.2, -0.15) is 0 Å². The van der Waals surface area contributed by atoms with E-state index in [1.54, 1.807) is 0 Å². The zero-order chi connectivity index (χ0) is 15.8. The molecule has 2 atom stereocenters. The number of hydrogen-bond donors (Lipinski definition) is 1. The molecule has 1 saturated heterocycles. The van der Waals surface area contributed by atoms with Gasteiger partial charge < -0.3 is 24.1 Å². The average Bonchev–Trinajstić information content (AvgIpc) is 2.87. The molecule has 5 nitrogen and oxygen atoms in total. The van der Waals surface area contributed by atoms with Crippen LogP contribution in [-0.4, -0.2) is 49.5 Å². The molecule has 1 fully saturated rings. The molecule has 1 heterocycles. The van der Waals surface area contributed by atoms with E-state index in [0.29, 0.717) is 32.8 Å². The molecule has 2 unspecified atom stereocenters. The molecular weight excluding hydrogens is 284 g/mol. The van der Waals surface area contributed by atoms with E-state index in [1.807, 2.05) is 44.2 Å². The molecule has 0 aliphatic carbocycles. The Morgan fingerprint density at radius 2 is 2.09 bits per heavy atom. The molecule has 0 radical (unpaired) electrons. The summed E-state index contributed by atoms with van der Waals surface area (Å²) in [6.45, 7) is 5.85. The summed E-state index contributed by atoms with van der Waals surface area (Å²) in [4.78, 5) is 0. The van der Waals surface area contributed by atoms with Gasteiger partial charge >= 0.3 is 0 Å². The lowest BCUT2D eigenvalue weighted by atomic mass is 10.2. The summed E-state index contributed by atoms with van der Waals surface area (Å²) in [6.07, 6.45) is 0.257. The number of ether oxygens (including phenoxy) is 4. The molecule has 1 aliphatic heterocycles. The minimum atomic E-state index is -0.581. The van der Waals surface area contributed by atoms with Gasteiger partial charge in [-0.15, -0.1) is 0 Å². The third kappa shape index (κ3) is 5.66. The molecule has 124 valence electrons. The Balaban J connectivity index is 1.82. The summed E-state index contributed by atoms with van der Waals surface area (Å²) < 4.78 is 23.0. The standard InChI is InChI=1S/C17H26O5/c1-17(2)21-13-16(22-17)15(20-10-6-9-18)12-19-11-14-7-4-3-5-8-14/h3-5,7-8,15-16,18H,6,9-13H2,1-2H3. The lowest BCUT2D eigenvalue weighted by Gasteiger charge is -2.24. The van der Waals surface area contributed by atoms with Gasteiger partial charge in [0, 0.05) is 13.2 Å². The van der Waals surface area contributed by atoms with Crippen LogP contribution in [0.4, 0.5) is 0 Å². The lowest BCUT2D eigenvalue weighted by molar-refractivity contribution is -0.164. The zero-order valence-corrected chi connectivity index (χ0v) is 13.4. The predicted octanol–water partition coefficient (Wildman–Crippen LogP) is 2.12. The monoisotopic (exact) mass is 310 g/mol. The topological polar surface area (TPSA) is 57.2 Å². The summed E-state index contributed by atoms with van der Waals surface area (Å²) >= 11 is 0. The Bertz CT molecular complexity index is 420. The summed E-state index contributed by atoms with van der Waals surface area (Å²) in [5, 5.41) is 8.89. The van der Waals surface area contributed by atoms with E-state index in [2.05, 4.69) is 0 Å². The van der Waals surface area contributed by atoms with Crippen molar-refractivity contribution < 1.29 is 24.1 Å². The van der Waals surface area contributed by atoms with Crippen molar-refractivity contribution in [3.05, 3.63) is 35.9 Å². The van der Waals surface area contributed by atoms with E-state index in [9.17, 15) is 0 Å². The number of benzene rings is 1. The van der Waals surface area contributed by atoms with Crippen LogP contribution in [0.5, 0.6) is 0 Å². The van der Waals surface area contributed by atoms with E-state index < -0.39 is 5.79 Å². The summed E-state index contributed by atoms with van der Waals surface area (Å²) in [7, 11) is 0. The molecule has 0 spiro atoms. The minimum Gasteiger partial charge on any atom is -0.396 e. The van der Waals surface area contributed by atoms with E-state index in [-0.39, 0.29) is 18.8 Å². The van der Waals surface area contributed by atoms with Gasteiger partial charge in [0.1, 0.15) is 12.2 Å². The first-order chi connectivity index (χ1) is 10.6. The highest BCUT2D eigenvalue weighted by Gasteiger charge is 2.38. The maximum absolute atomic E-state index is 8.89. The van der Waals surface area contributed by atoms with Gasteiger partial charge in [-0.25, -0.2) is 0 Å². The first kappa shape index (κ1) is 17.4. The number of rotatable bonds is 9. The highest BCUT2D eigenvalue weighted by Crippen LogP contribution is 2.25. The van der Waals surface area contributed by atoms with Crippen LogP contribution in [0, 0.1) is 0 Å². The van der Waals surface area contributed by atoms with Gasteiger partial charge in [-0.1, -0.05) is 30.3 Å². The fraction of sp³-hybridized carbons (Fsp3) is 0.647. The molecular formula is C17H26O5. The molecule has 1 N–H and O–H groups in total. The van der Waals surface area contributed by atoms with Gasteiger partial charge in [0.05, 0.1) is 19.8 Å². The van der Waals surface area contributed by atoms with Crippen molar-refractivity contribution in [2.75, 3.05) is 26.4 Å². The Labute approximate surface area is 132 Å². The van der Waals surface area contributed by atoms with Gasteiger partial charge in [0.25, 0.3) is 0 Å². The van der Waals surface area contributed by atoms with Gasteiger partial charge in [0.15, 0.2) is 5.79 Å². The molecule has 1 aromatic rings. The van der Waals surface area contributed by atoms with Crippen LogP contribution in [0.1, 0.15) is 25.8 Å². The Hall–Kier alpha value is -0.980. The second-order valence-corrected chi connectivity index (χ2v) is 5.85. The van der Waals surface area contributed by atoms with Crippen LogP contribution in [0.15, 0.2) is 30.3 Å². The summed E-state index contributed by atoms with van der Waals surface area (Å²) in [5.41, 5.74) is 1.13. The molecule has 2 rings (SSSR count).